The van der Waals surface area contributed by atoms with Crippen LogP contribution in [0.5, 0.6) is 0 Å². The predicted octanol–water partition coefficient (Wildman–Crippen LogP) is 0.932. The Bertz CT molecular complexity index is 612. The summed E-state index contributed by atoms with van der Waals surface area (Å²) in [6.45, 7) is 1.99. The van der Waals surface area contributed by atoms with E-state index in [0.29, 0.717) is 0 Å². The van der Waals surface area contributed by atoms with E-state index in [-0.39, 0.29) is 4.90 Å². The minimum absolute atomic E-state index is 0.185. The second kappa shape index (κ2) is 6.86. The van der Waals surface area contributed by atoms with Gasteiger partial charge in [0, 0.05) is 23.8 Å². The van der Waals surface area contributed by atoms with Crippen molar-refractivity contribution in [2.75, 3.05) is 7.11 Å². The van der Waals surface area contributed by atoms with Crippen molar-refractivity contribution in [2.45, 2.75) is 11.8 Å². The van der Waals surface area contributed by atoms with Crippen LogP contribution in [0, 0.1) is 6.92 Å². The highest BCUT2D eigenvalue weighted by molar-refractivity contribution is 7.85. The highest BCUT2D eigenvalue weighted by atomic mass is 32.2. The van der Waals surface area contributed by atoms with Crippen LogP contribution >= 0.6 is 0 Å². The summed E-state index contributed by atoms with van der Waals surface area (Å²) in [5, 5.41) is 0. The third-order valence-corrected chi connectivity index (χ3v) is 3.10. The number of pyridine rings is 1. The Labute approximate surface area is 112 Å². The maximum Gasteiger partial charge on any atom is 0.231 e. The number of benzene rings is 1. The maximum absolute atomic E-state index is 10.3. The summed E-state index contributed by atoms with van der Waals surface area (Å²) in [6, 6.07) is 13.1. The molecule has 0 spiro atoms. The normalized spacial score (nSPS) is 10.3. The smallest absolute Gasteiger partial charge is 0.231 e. The van der Waals surface area contributed by atoms with Gasteiger partial charge in [-0.1, -0.05) is 18.2 Å². The van der Waals surface area contributed by atoms with Gasteiger partial charge in [-0.25, -0.2) is 8.42 Å². The molecule has 0 radical (unpaired) electrons. The van der Waals surface area contributed by atoms with E-state index < -0.39 is 10.1 Å². The second-order valence-electron chi connectivity index (χ2n) is 3.62. The molecule has 0 unspecified atom stereocenters. The Kier molecular flexibility index (Phi) is 5.47. The maximum atomic E-state index is 10.3. The fourth-order valence-electron chi connectivity index (χ4n) is 1.31. The summed E-state index contributed by atoms with van der Waals surface area (Å²) >= 11 is 0. The van der Waals surface area contributed by atoms with Crippen molar-refractivity contribution in [3.8, 4) is 0 Å². The SMILES string of the molecule is CO[n+]1ccccc1C.O=S(=O)([O-])c1ccccc1. The average Bonchev–Trinajstić information content (AvgIpc) is 2.40. The lowest BCUT2D eigenvalue weighted by molar-refractivity contribution is -0.889. The van der Waals surface area contributed by atoms with Gasteiger partial charge in [0.25, 0.3) is 0 Å². The molecule has 1 heterocycles. The Morgan fingerprint density at radius 3 is 2.00 bits per heavy atom. The minimum atomic E-state index is -4.25. The Balaban J connectivity index is 0.000000191. The molecule has 6 heteroatoms. The van der Waals surface area contributed by atoms with Crippen LogP contribution in [0.25, 0.3) is 0 Å². The molecule has 1 aromatic carbocycles. The third-order valence-electron chi connectivity index (χ3n) is 2.25. The zero-order valence-electron chi connectivity index (χ0n) is 10.7. The lowest BCUT2D eigenvalue weighted by Gasteiger charge is -2.04. The highest BCUT2D eigenvalue weighted by Gasteiger charge is 2.00. The number of rotatable bonds is 2. The van der Waals surface area contributed by atoms with Crippen LogP contribution < -0.4 is 9.57 Å². The molecule has 0 saturated heterocycles. The molecular formula is C13H15NO4S. The van der Waals surface area contributed by atoms with E-state index in [1.54, 1.807) is 17.9 Å². The molecule has 2 aromatic rings. The van der Waals surface area contributed by atoms with Crippen molar-refractivity contribution in [1.82, 2.24) is 0 Å². The van der Waals surface area contributed by atoms with Crippen molar-refractivity contribution in [3.63, 3.8) is 0 Å². The van der Waals surface area contributed by atoms with E-state index in [9.17, 15) is 13.0 Å². The van der Waals surface area contributed by atoms with E-state index in [4.69, 9.17) is 4.84 Å². The van der Waals surface area contributed by atoms with Crippen LogP contribution in [0.4, 0.5) is 0 Å². The van der Waals surface area contributed by atoms with Crippen molar-refractivity contribution < 1.29 is 22.5 Å². The molecule has 102 valence electrons. The molecule has 0 saturated carbocycles. The highest BCUT2D eigenvalue weighted by Crippen LogP contribution is 2.04. The fraction of sp³-hybridized carbons (Fsp3) is 0.154. The van der Waals surface area contributed by atoms with Gasteiger partial charge in [0.2, 0.25) is 11.9 Å². The van der Waals surface area contributed by atoms with Gasteiger partial charge in [-0.05, 0) is 18.2 Å². The van der Waals surface area contributed by atoms with Gasteiger partial charge in [-0.3, -0.25) is 4.84 Å². The van der Waals surface area contributed by atoms with Crippen molar-refractivity contribution in [3.05, 3.63) is 60.4 Å². The summed E-state index contributed by atoms with van der Waals surface area (Å²) in [4.78, 5) is 4.78. The average molecular weight is 281 g/mol. The summed E-state index contributed by atoms with van der Waals surface area (Å²) in [7, 11) is -2.61. The van der Waals surface area contributed by atoms with Crippen LogP contribution in [0.15, 0.2) is 59.6 Å². The first-order chi connectivity index (χ1) is 8.95. The summed E-state index contributed by atoms with van der Waals surface area (Å²) in [5.74, 6) is 0. The second-order valence-corrected chi connectivity index (χ2v) is 5.00. The van der Waals surface area contributed by atoms with Gasteiger partial charge in [0.15, 0.2) is 0 Å². The number of hydrogen-bond donors (Lipinski definition) is 0. The summed E-state index contributed by atoms with van der Waals surface area (Å²) < 4.78 is 32.5. The van der Waals surface area contributed by atoms with E-state index in [0.717, 1.165) is 5.69 Å². The molecule has 0 aliphatic carbocycles. The van der Waals surface area contributed by atoms with Crippen LogP contribution in [-0.4, -0.2) is 20.1 Å². The van der Waals surface area contributed by atoms with Crippen LogP contribution in [0.3, 0.4) is 0 Å². The van der Waals surface area contributed by atoms with Gasteiger partial charge in [0.05, 0.1) is 4.90 Å². The molecule has 0 amide bonds. The van der Waals surface area contributed by atoms with E-state index in [1.165, 1.54) is 24.3 Å². The molecule has 1 aromatic heterocycles. The van der Waals surface area contributed by atoms with Gasteiger partial charge in [-0.2, -0.15) is 0 Å². The molecule has 0 aliphatic rings. The molecular weight excluding hydrogens is 266 g/mol. The van der Waals surface area contributed by atoms with Gasteiger partial charge < -0.3 is 4.55 Å². The topological polar surface area (TPSA) is 70.3 Å². The first-order valence-corrected chi connectivity index (χ1v) is 6.88. The third kappa shape index (κ3) is 5.07. The van der Waals surface area contributed by atoms with Crippen LogP contribution in [0.1, 0.15) is 5.69 Å². The lowest BCUT2D eigenvalue weighted by Crippen LogP contribution is -2.42. The first kappa shape index (κ1) is 15.1. The number of aromatic nitrogens is 1. The Morgan fingerprint density at radius 1 is 1.05 bits per heavy atom. The first-order valence-electron chi connectivity index (χ1n) is 5.48. The summed E-state index contributed by atoms with van der Waals surface area (Å²) in [5.41, 5.74) is 1.10. The van der Waals surface area contributed by atoms with E-state index in [2.05, 4.69) is 0 Å². The zero-order chi connectivity index (χ0) is 14.3. The Morgan fingerprint density at radius 2 is 1.63 bits per heavy atom. The number of aryl methyl sites for hydroxylation is 1. The monoisotopic (exact) mass is 281 g/mol. The molecule has 0 fully saturated rings. The molecule has 0 N–H and O–H groups in total. The van der Waals surface area contributed by atoms with Gasteiger partial charge in [0.1, 0.15) is 17.2 Å². The van der Waals surface area contributed by atoms with E-state index >= 15 is 0 Å². The fourth-order valence-corrected chi connectivity index (χ4v) is 1.80. The molecule has 2 rings (SSSR count). The van der Waals surface area contributed by atoms with E-state index in [1.807, 2.05) is 31.3 Å². The summed E-state index contributed by atoms with van der Waals surface area (Å²) in [6.07, 6.45) is 1.87. The van der Waals surface area contributed by atoms with Crippen LogP contribution in [-0.2, 0) is 10.1 Å². The largest absolute Gasteiger partial charge is 0.744 e. The van der Waals surface area contributed by atoms with Crippen molar-refractivity contribution >= 4 is 10.1 Å². The number of hydrogen-bond acceptors (Lipinski definition) is 4. The van der Waals surface area contributed by atoms with Gasteiger partial charge >= 0.3 is 0 Å². The zero-order valence-corrected chi connectivity index (χ0v) is 11.5. The predicted molar refractivity (Wildman–Crippen MR) is 68.3 cm³/mol. The number of nitrogens with zero attached hydrogens (tertiary/aromatic N) is 1. The molecule has 19 heavy (non-hydrogen) atoms. The molecule has 0 bridgehead atoms. The quantitative estimate of drug-likeness (QED) is 0.606. The van der Waals surface area contributed by atoms with Crippen molar-refractivity contribution in [1.29, 1.82) is 0 Å². The minimum Gasteiger partial charge on any atom is -0.744 e. The Hall–Kier alpha value is -1.92. The van der Waals surface area contributed by atoms with Crippen LogP contribution in [0.2, 0.25) is 0 Å². The van der Waals surface area contributed by atoms with Crippen molar-refractivity contribution in [2.24, 2.45) is 0 Å². The molecule has 0 atom stereocenters. The molecule has 0 aliphatic heterocycles. The van der Waals surface area contributed by atoms with Gasteiger partial charge in [-0.15, -0.1) is 0 Å². The molecule has 5 nitrogen and oxygen atoms in total. The lowest BCUT2D eigenvalue weighted by atomic mass is 10.4. The standard InChI is InChI=1S/C7H10NO.C6H6O3S/c1-7-5-3-4-6-8(7)9-2;7-10(8,9)6-4-2-1-3-5-6/h3-6H,1-2H3;1-5H,(H,7,8,9)/q+1;/p-1.